The summed E-state index contributed by atoms with van der Waals surface area (Å²) in [5.74, 6) is -0.0120. The topological polar surface area (TPSA) is 58.8 Å². The molecule has 2 aliphatic rings. The largest absolute Gasteiger partial charge is 0.379 e. The lowest BCUT2D eigenvalue weighted by Gasteiger charge is -2.28. The second-order valence-corrected chi connectivity index (χ2v) is 5.30. The second kappa shape index (κ2) is 5.33. The molecular formula is C12H23N3O2. The predicted octanol–water partition coefficient (Wildman–Crippen LogP) is -0.487. The average molecular weight is 241 g/mol. The summed E-state index contributed by atoms with van der Waals surface area (Å²) in [4.78, 5) is 16.4. The van der Waals surface area contributed by atoms with E-state index in [1.54, 1.807) is 0 Å². The zero-order chi connectivity index (χ0) is 12.4. The molecule has 0 bridgehead atoms. The number of likely N-dealkylation sites (tertiary alicyclic amines) is 1. The third kappa shape index (κ3) is 2.78. The van der Waals surface area contributed by atoms with Crippen LogP contribution in [0.25, 0.3) is 0 Å². The number of nitrogens with two attached hydrogens (primary N) is 1. The molecular weight excluding hydrogens is 218 g/mol. The number of hydrogen-bond acceptors (Lipinski definition) is 4. The van der Waals surface area contributed by atoms with Crippen LogP contribution >= 0.6 is 0 Å². The van der Waals surface area contributed by atoms with E-state index in [2.05, 4.69) is 11.9 Å². The highest BCUT2D eigenvalue weighted by Crippen LogP contribution is 2.18. The Hall–Kier alpha value is -0.650. The number of carbonyl (C=O) groups excluding carboxylic acids is 1. The van der Waals surface area contributed by atoms with Crippen LogP contribution in [-0.4, -0.2) is 68.2 Å². The zero-order valence-corrected chi connectivity index (χ0v) is 10.8. The van der Waals surface area contributed by atoms with Crippen LogP contribution in [0.1, 0.15) is 12.8 Å². The van der Waals surface area contributed by atoms with Crippen LogP contribution in [-0.2, 0) is 9.53 Å². The lowest BCUT2D eigenvalue weighted by atomic mass is 10.0. The normalized spacial score (nSPS) is 34.2. The molecule has 2 N–H and O–H groups in total. The molecule has 2 saturated heterocycles. The van der Waals surface area contributed by atoms with Gasteiger partial charge in [-0.1, -0.05) is 0 Å². The van der Waals surface area contributed by atoms with E-state index in [0.717, 1.165) is 13.1 Å². The van der Waals surface area contributed by atoms with Crippen molar-refractivity contribution in [2.75, 3.05) is 40.4 Å². The maximum atomic E-state index is 12.2. The standard InChI is InChI=1S/C12H23N3O2/c1-14-5-3-4-9(14)6-15(2)12(16)10-7-17-8-11(10)13/h9-11H,3-8,13H2,1-2H3. The molecule has 0 aromatic heterocycles. The van der Waals surface area contributed by atoms with E-state index in [9.17, 15) is 4.79 Å². The molecule has 1 amide bonds. The Balaban J connectivity index is 1.86. The van der Waals surface area contributed by atoms with Gasteiger partial charge in [-0.25, -0.2) is 0 Å². The monoisotopic (exact) mass is 241 g/mol. The van der Waals surface area contributed by atoms with E-state index in [1.165, 1.54) is 12.8 Å². The molecule has 17 heavy (non-hydrogen) atoms. The van der Waals surface area contributed by atoms with E-state index >= 15 is 0 Å². The Kier molecular flexibility index (Phi) is 4.01. The molecule has 2 aliphatic heterocycles. The number of rotatable bonds is 3. The highest BCUT2D eigenvalue weighted by molar-refractivity contribution is 5.79. The fourth-order valence-corrected chi connectivity index (χ4v) is 2.72. The van der Waals surface area contributed by atoms with Gasteiger partial charge in [-0.3, -0.25) is 4.79 Å². The lowest BCUT2D eigenvalue weighted by molar-refractivity contribution is -0.135. The van der Waals surface area contributed by atoms with E-state index in [1.807, 2.05) is 11.9 Å². The third-order valence-corrected chi connectivity index (χ3v) is 3.97. The summed E-state index contributed by atoms with van der Waals surface area (Å²) in [5, 5.41) is 0. The molecule has 3 unspecified atom stereocenters. The first-order chi connectivity index (χ1) is 8.09. The summed E-state index contributed by atoms with van der Waals surface area (Å²) in [6.45, 7) is 2.93. The molecule has 5 heteroatoms. The van der Waals surface area contributed by atoms with Crippen molar-refractivity contribution in [2.45, 2.75) is 24.9 Å². The molecule has 98 valence electrons. The van der Waals surface area contributed by atoms with Crippen LogP contribution in [0.4, 0.5) is 0 Å². The number of carbonyl (C=O) groups is 1. The van der Waals surface area contributed by atoms with Crippen LogP contribution in [0.15, 0.2) is 0 Å². The minimum Gasteiger partial charge on any atom is -0.379 e. The second-order valence-electron chi connectivity index (χ2n) is 5.30. The molecule has 0 aliphatic carbocycles. The van der Waals surface area contributed by atoms with Gasteiger partial charge in [0, 0.05) is 25.7 Å². The number of hydrogen-bond donors (Lipinski definition) is 1. The quantitative estimate of drug-likeness (QED) is 0.724. The highest BCUT2D eigenvalue weighted by atomic mass is 16.5. The van der Waals surface area contributed by atoms with E-state index in [-0.39, 0.29) is 17.9 Å². The number of ether oxygens (including phenoxy) is 1. The molecule has 0 saturated carbocycles. The van der Waals surface area contributed by atoms with Gasteiger partial charge in [-0.15, -0.1) is 0 Å². The van der Waals surface area contributed by atoms with Crippen molar-refractivity contribution in [2.24, 2.45) is 11.7 Å². The lowest BCUT2D eigenvalue weighted by Crippen LogP contribution is -2.46. The first-order valence-corrected chi connectivity index (χ1v) is 6.38. The number of nitrogens with zero attached hydrogens (tertiary/aromatic N) is 2. The summed E-state index contributed by atoms with van der Waals surface area (Å²) >= 11 is 0. The minimum atomic E-state index is -0.147. The van der Waals surface area contributed by atoms with E-state index in [0.29, 0.717) is 19.3 Å². The molecule has 5 nitrogen and oxygen atoms in total. The van der Waals surface area contributed by atoms with Crippen LogP contribution in [0, 0.1) is 5.92 Å². The molecule has 2 fully saturated rings. The molecule has 0 aromatic rings. The fourth-order valence-electron chi connectivity index (χ4n) is 2.72. The van der Waals surface area contributed by atoms with E-state index < -0.39 is 0 Å². The van der Waals surface area contributed by atoms with Gasteiger partial charge in [0.05, 0.1) is 19.1 Å². The maximum Gasteiger partial charge on any atom is 0.229 e. The molecule has 2 heterocycles. The summed E-state index contributed by atoms with van der Waals surface area (Å²) in [7, 11) is 4.00. The smallest absolute Gasteiger partial charge is 0.229 e. The Labute approximate surface area is 103 Å². The van der Waals surface area contributed by atoms with Gasteiger partial charge in [-0.2, -0.15) is 0 Å². The van der Waals surface area contributed by atoms with Gasteiger partial charge in [0.25, 0.3) is 0 Å². The van der Waals surface area contributed by atoms with Crippen molar-refractivity contribution in [3.8, 4) is 0 Å². The van der Waals surface area contributed by atoms with Crippen molar-refractivity contribution in [1.82, 2.24) is 9.80 Å². The molecule has 0 radical (unpaired) electrons. The highest BCUT2D eigenvalue weighted by Gasteiger charge is 2.34. The average Bonchev–Trinajstić information content (AvgIpc) is 2.88. The minimum absolute atomic E-state index is 0.133. The molecule has 3 atom stereocenters. The fraction of sp³-hybridized carbons (Fsp3) is 0.917. The third-order valence-electron chi connectivity index (χ3n) is 3.97. The van der Waals surface area contributed by atoms with Crippen molar-refractivity contribution in [1.29, 1.82) is 0 Å². The Morgan fingerprint density at radius 2 is 2.29 bits per heavy atom. The van der Waals surface area contributed by atoms with E-state index in [4.69, 9.17) is 10.5 Å². The first-order valence-electron chi connectivity index (χ1n) is 6.38. The first kappa shape index (κ1) is 12.8. The number of amides is 1. The van der Waals surface area contributed by atoms with Gasteiger partial charge >= 0.3 is 0 Å². The van der Waals surface area contributed by atoms with Gasteiger partial charge < -0.3 is 20.3 Å². The zero-order valence-electron chi connectivity index (χ0n) is 10.8. The van der Waals surface area contributed by atoms with Crippen LogP contribution in [0.5, 0.6) is 0 Å². The predicted molar refractivity (Wildman–Crippen MR) is 65.6 cm³/mol. The van der Waals surface area contributed by atoms with Gasteiger partial charge in [-0.05, 0) is 26.4 Å². The van der Waals surface area contributed by atoms with Crippen LogP contribution in [0.2, 0.25) is 0 Å². The summed E-state index contributed by atoms with van der Waals surface area (Å²) < 4.78 is 5.25. The van der Waals surface area contributed by atoms with Crippen molar-refractivity contribution in [3.63, 3.8) is 0 Å². The Morgan fingerprint density at radius 1 is 1.53 bits per heavy atom. The van der Waals surface area contributed by atoms with Crippen molar-refractivity contribution >= 4 is 5.91 Å². The van der Waals surface area contributed by atoms with Gasteiger partial charge in [0.15, 0.2) is 0 Å². The summed E-state index contributed by atoms with van der Waals surface area (Å²) in [6, 6.07) is 0.369. The number of likely N-dealkylation sites (N-methyl/N-ethyl adjacent to an activating group) is 2. The molecule has 0 aromatic carbocycles. The SMILES string of the molecule is CN(CC1CCCN1C)C(=O)C1COCC1N. The Bertz CT molecular complexity index is 285. The maximum absolute atomic E-state index is 12.2. The van der Waals surface area contributed by atoms with Crippen molar-refractivity contribution in [3.05, 3.63) is 0 Å². The summed E-state index contributed by atoms with van der Waals surface area (Å²) in [5.41, 5.74) is 5.87. The van der Waals surface area contributed by atoms with Gasteiger partial charge in [0.2, 0.25) is 5.91 Å². The van der Waals surface area contributed by atoms with Crippen LogP contribution in [0.3, 0.4) is 0 Å². The summed E-state index contributed by atoms with van der Waals surface area (Å²) in [6.07, 6.45) is 2.41. The Morgan fingerprint density at radius 3 is 2.82 bits per heavy atom. The van der Waals surface area contributed by atoms with Crippen LogP contribution < -0.4 is 5.73 Å². The van der Waals surface area contributed by atoms with Crippen molar-refractivity contribution < 1.29 is 9.53 Å². The molecule has 0 spiro atoms. The molecule has 2 rings (SSSR count). The van der Waals surface area contributed by atoms with Gasteiger partial charge in [0.1, 0.15) is 0 Å².